The van der Waals surface area contributed by atoms with Gasteiger partial charge in [0.2, 0.25) is 5.91 Å². The first-order valence-corrected chi connectivity index (χ1v) is 7.76. The van der Waals surface area contributed by atoms with E-state index in [1.807, 2.05) is 18.3 Å². The van der Waals surface area contributed by atoms with E-state index in [0.717, 1.165) is 30.8 Å². The van der Waals surface area contributed by atoms with Gasteiger partial charge in [0.05, 0.1) is 0 Å². The second-order valence-electron chi connectivity index (χ2n) is 5.81. The van der Waals surface area contributed by atoms with Gasteiger partial charge in [-0.15, -0.1) is 0 Å². The average molecular weight is 312 g/mol. The Labute approximate surface area is 134 Å². The molecule has 23 heavy (non-hydrogen) atoms. The number of aryl methyl sites for hydroxylation is 1. The Balaban J connectivity index is 1.57. The minimum atomic E-state index is -0.0667. The lowest BCUT2D eigenvalue weighted by molar-refractivity contribution is -0.119. The van der Waals surface area contributed by atoms with E-state index >= 15 is 0 Å². The van der Waals surface area contributed by atoms with E-state index in [1.165, 1.54) is 6.92 Å². The van der Waals surface area contributed by atoms with Crippen LogP contribution < -0.4 is 10.6 Å². The van der Waals surface area contributed by atoms with Crippen LogP contribution in [0.4, 0.5) is 0 Å². The summed E-state index contributed by atoms with van der Waals surface area (Å²) in [7, 11) is 0. The van der Waals surface area contributed by atoms with Gasteiger partial charge in [-0.25, -0.2) is 4.98 Å². The monoisotopic (exact) mass is 312 g/mol. The number of amides is 2. The summed E-state index contributed by atoms with van der Waals surface area (Å²) in [4.78, 5) is 27.5. The minimum Gasteiger partial charge on any atom is -0.352 e. The maximum absolute atomic E-state index is 12.3. The maximum Gasteiger partial charge on any atom is 0.251 e. The van der Waals surface area contributed by atoms with Gasteiger partial charge < -0.3 is 15.2 Å². The Morgan fingerprint density at radius 3 is 2.83 bits per heavy atom. The van der Waals surface area contributed by atoms with Gasteiger partial charge in [-0.05, 0) is 24.1 Å². The number of carbonyl (C=O) groups excluding carboxylic acids is 2. The third-order valence-corrected chi connectivity index (χ3v) is 4.03. The van der Waals surface area contributed by atoms with Gasteiger partial charge in [0, 0.05) is 50.4 Å². The van der Waals surface area contributed by atoms with Crippen LogP contribution in [-0.2, 0) is 24.3 Å². The number of imidazole rings is 1. The summed E-state index contributed by atoms with van der Waals surface area (Å²) >= 11 is 0. The average Bonchev–Trinajstić information content (AvgIpc) is 3.01. The van der Waals surface area contributed by atoms with Gasteiger partial charge in [0.25, 0.3) is 5.91 Å². The second-order valence-corrected chi connectivity index (χ2v) is 5.81. The van der Waals surface area contributed by atoms with E-state index in [-0.39, 0.29) is 17.9 Å². The first-order valence-electron chi connectivity index (χ1n) is 7.76. The lowest BCUT2D eigenvalue weighted by Crippen LogP contribution is -2.40. The Kier molecular flexibility index (Phi) is 4.41. The number of hydrogen-bond donors (Lipinski definition) is 2. The van der Waals surface area contributed by atoms with Crippen molar-refractivity contribution >= 4 is 11.8 Å². The third-order valence-electron chi connectivity index (χ3n) is 4.03. The number of nitrogens with one attached hydrogen (secondary N) is 2. The molecule has 1 aromatic heterocycles. The van der Waals surface area contributed by atoms with Crippen LogP contribution in [0.2, 0.25) is 0 Å². The topological polar surface area (TPSA) is 76.0 Å². The van der Waals surface area contributed by atoms with Crippen LogP contribution in [0, 0.1) is 0 Å². The SMILES string of the molecule is CC(=O)NCc1ccc(C(=O)N[C@H]2CCc3nccn3C2)cc1. The van der Waals surface area contributed by atoms with Crippen LogP contribution in [0.1, 0.15) is 35.1 Å². The zero-order valence-corrected chi connectivity index (χ0v) is 13.1. The molecule has 6 nitrogen and oxygen atoms in total. The van der Waals surface area contributed by atoms with E-state index in [1.54, 1.807) is 18.3 Å². The number of carbonyl (C=O) groups is 2. The maximum atomic E-state index is 12.3. The molecule has 0 saturated heterocycles. The summed E-state index contributed by atoms with van der Waals surface area (Å²) in [5.41, 5.74) is 1.60. The molecular formula is C17H20N4O2. The van der Waals surface area contributed by atoms with Crippen molar-refractivity contribution in [2.75, 3.05) is 0 Å². The van der Waals surface area contributed by atoms with Crippen LogP contribution in [0.15, 0.2) is 36.7 Å². The molecule has 0 fully saturated rings. The number of fused-ring (bicyclic) bond motifs is 1. The molecule has 1 atom stereocenters. The molecule has 0 saturated carbocycles. The van der Waals surface area contributed by atoms with Crippen LogP contribution in [-0.4, -0.2) is 27.4 Å². The zero-order chi connectivity index (χ0) is 16.2. The molecule has 1 aliphatic heterocycles. The summed E-state index contributed by atoms with van der Waals surface area (Å²) in [6, 6.07) is 7.43. The van der Waals surface area contributed by atoms with E-state index in [9.17, 15) is 9.59 Å². The quantitative estimate of drug-likeness (QED) is 0.892. The lowest BCUT2D eigenvalue weighted by Gasteiger charge is -2.24. The Hall–Kier alpha value is -2.63. The van der Waals surface area contributed by atoms with Crippen LogP contribution in [0.25, 0.3) is 0 Å². The normalized spacial score (nSPS) is 16.5. The van der Waals surface area contributed by atoms with Crippen molar-refractivity contribution in [2.45, 2.75) is 38.9 Å². The van der Waals surface area contributed by atoms with E-state index < -0.39 is 0 Å². The van der Waals surface area contributed by atoms with Crippen LogP contribution >= 0.6 is 0 Å². The highest BCUT2D eigenvalue weighted by Crippen LogP contribution is 2.14. The van der Waals surface area contributed by atoms with Gasteiger partial charge in [-0.2, -0.15) is 0 Å². The molecule has 1 aromatic carbocycles. The smallest absolute Gasteiger partial charge is 0.251 e. The van der Waals surface area contributed by atoms with Gasteiger partial charge in [0.15, 0.2) is 0 Å². The summed E-state index contributed by atoms with van der Waals surface area (Å²) in [5, 5.41) is 5.81. The molecule has 0 aliphatic carbocycles. The number of rotatable bonds is 4. The molecule has 1 aliphatic rings. The van der Waals surface area contributed by atoms with Crippen molar-refractivity contribution < 1.29 is 9.59 Å². The van der Waals surface area contributed by atoms with Crippen LogP contribution in [0.3, 0.4) is 0 Å². The first kappa shape index (κ1) is 15.3. The molecule has 120 valence electrons. The van der Waals surface area contributed by atoms with Crippen molar-refractivity contribution in [1.82, 2.24) is 20.2 Å². The zero-order valence-electron chi connectivity index (χ0n) is 13.1. The van der Waals surface area contributed by atoms with Gasteiger partial charge in [-0.1, -0.05) is 12.1 Å². The number of hydrogen-bond acceptors (Lipinski definition) is 3. The fourth-order valence-corrected chi connectivity index (χ4v) is 2.75. The Morgan fingerprint density at radius 2 is 2.09 bits per heavy atom. The van der Waals surface area contributed by atoms with Crippen molar-refractivity contribution in [1.29, 1.82) is 0 Å². The lowest BCUT2D eigenvalue weighted by atomic mass is 10.1. The standard InChI is InChI=1S/C17H20N4O2/c1-12(22)19-10-13-2-4-14(5-3-13)17(23)20-15-6-7-16-18-8-9-21(16)11-15/h2-5,8-9,15H,6-7,10-11H2,1H3,(H,19,22)(H,20,23)/t15-/m0/s1. The third kappa shape index (κ3) is 3.77. The molecule has 0 spiro atoms. The first-order chi connectivity index (χ1) is 11.1. The predicted molar refractivity (Wildman–Crippen MR) is 85.8 cm³/mol. The number of benzene rings is 1. The Bertz CT molecular complexity index is 706. The van der Waals surface area contributed by atoms with Crippen molar-refractivity contribution in [3.63, 3.8) is 0 Å². The molecule has 0 unspecified atom stereocenters. The van der Waals surface area contributed by atoms with E-state index in [0.29, 0.717) is 12.1 Å². The summed E-state index contributed by atoms with van der Waals surface area (Å²) in [6.07, 6.45) is 5.54. The fraction of sp³-hybridized carbons (Fsp3) is 0.353. The fourth-order valence-electron chi connectivity index (χ4n) is 2.75. The molecule has 3 rings (SSSR count). The molecule has 2 aromatic rings. The highest BCUT2D eigenvalue weighted by molar-refractivity contribution is 5.94. The highest BCUT2D eigenvalue weighted by atomic mass is 16.2. The Morgan fingerprint density at radius 1 is 1.30 bits per heavy atom. The highest BCUT2D eigenvalue weighted by Gasteiger charge is 2.20. The largest absolute Gasteiger partial charge is 0.352 e. The molecule has 0 radical (unpaired) electrons. The van der Waals surface area contributed by atoms with Gasteiger partial charge >= 0.3 is 0 Å². The van der Waals surface area contributed by atoms with E-state index in [4.69, 9.17) is 0 Å². The van der Waals surface area contributed by atoms with Gasteiger partial charge in [0.1, 0.15) is 5.82 Å². The van der Waals surface area contributed by atoms with Gasteiger partial charge in [-0.3, -0.25) is 9.59 Å². The van der Waals surface area contributed by atoms with Crippen LogP contribution in [0.5, 0.6) is 0 Å². The molecule has 6 heteroatoms. The van der Waals surface area contributed by atoms with Crippen molar-refractivity contribution in [3.8, 4) is 0 Å². The summed E-state index contributed by atoms with van der Waals surface area (Å²) in [6.45, 7) is 2.72. The van der Waals surface area contributed by atoms with Crippen molar-refractivity contribution in [2.24, 2.45) is 0 Å². The summed E-state index contributed by atoms with van der Waals surface area (Å²) in [5.74, 6) is 0.949. The molecule has 0 bridgehead atoms. The minimum absolute atomic E-state index is 0.0651. The molecule has 2 heterocycles. The molecule has 2 N–H and O–H groups in total. The molecule has 2 amide bonds. The second kappa shape index (κ2) is 6.64. The molecular weight excluding hydrogens is 292 g/mol. The van der Waals surface area contributed by atoms with Crippen molar-refractivity contribution in [3.05, 3.63) is 53.6 Å². The van der Waals surface area contributed by atoms with E-state index in [2.05, 4.69) is 20.2 Å². The number of nitrogens with zero attached hydrogens (tertiary/aromatic N) is 2. The predicted octanol–water partition coefficient (Wildman–Crippen LogP) is 1.26. The number of aromatic nitrogens is 2. The summed E-state index contributed by atoms with van der Waals surface area (Å²) < 4.78 is 2.09.